The summed E-state index contributed by atoms with van der Waals surface area (Å²) in [6.45, 7) is 0. The molecular weight excluding hydrogens is 320 g/mol. The molecule has 3 heteroatoms. The molecule has 126 valence electrons. The third-order valence-electron chi connectivity index (χ3n) is 4.49. The standard InChI is InChI=1S/C23H18N2O/c26-23(18-9-3-1-4-10-18,19-11-5-2-6-12-19)20-14-16-25-22(17-20)21-13-7-8-15-24-21/h1-17,26H. The molecule has 0 fully saturated rings. The van der Waals surface area contributed by atoms with Crippen molar-refractivity contribution in [2.45, 2.75) is 5.60 Å². The predicted octanol–water partition coefficient (Wildman–Crippen LogP) is 4.43. The molecule has 0 aliphatic carbocycles. The van der Waals surface area contributed by atoms with Crippen LogP contribution in [0.5, 0.6) is 0 Å². The van der Waals surface area contributed by atoms with E-state index in [0.717, 1.165) is 28.1 Å². The topological polar surface area (TPSA) is 46.0 Å². The summed E-state index contributed by atoms with van der Waals surface area (Å²) in [6.07, 6.45) is 3.46. The van der Waals surface area contributed by atoms with Crippen LogP contribution in [0.1, 0.15) is 16.7 Å². The summed E-state index contributed by atoms with van der Waals surface area (Å²) < 4.78 is 0. The first-order valence-electron chi connectivity index (χ1n) is 8.50. The quantitative estimate of drug-likeness (QED) is 0.599. The molecule has 3 nitrogen and oxygen atoms in total. The monoisotopic (exact) mass is 338 g/mol. The van der Waals surface area contributed by atoms with Gasteiger partial charge in [0.05, 0.1) is 11.4 Å². The SMILES string of the molecule is OC(c1ccccc1)(c1ccccc1)c1ccnc(-c2ccccn2)c1. The van der Waals surface area contributed by atoms with E-state index in [9.17, 15) is 5.11 Å². The minimum atomic E-state index is -1.27. The summed E-state index contributed by atoms with van der Waals surface area (Å²) in [7, 11) is 0. The largest absolute Gasteiger partial charge is 0.376 e. The lowest BCUT2D eigenvalue weighted by Gasteiger charge is -2.30. The molecule has 4 aromatic rings. The zero-order valence-corrected chi connectivity index (χ0v) is 14.2. The summed E-state index contributed by atoms with van der Waals surface area (Å²) in [5.74, 6) is 0. The van der Waals surface area contributed by atoms with Crippen LogP contribution in [0.4, 0.5) is 0 Å². The fraction of sp³-hybridized carbons (Fsp3) is 0.0435. The van der Waals surface area contributed by atoms with Crippen LogP contribution in [0.25, 0.3) is 11.4 Å². The highest BCUT2D eigenvalue weighted by Crippen LogP contribution is 2.37. The normalized spacial score (nSPS) is 11.3. The maximum Gasteiger partial charge on any atom is 0.140 e. The summed E-state index contributed by atoms with van der Waals surface area (Å²) in [5.41, 5.74) is 2.61. The molecule has 0 saturated heterocycles. The Morgan fingerprint density at radius 1 is 0.538 bits per heavy atom. The molecular formula is C23H18N2O. The average Bonchev–Trinajstić information content (AvgIpc) is 2.75. The smallest absolute Gasteiger partial charge is 0.140 e. The van der Waals surface area contributed by atoms with Crippen LogP contribution in [-0.4, -0.2) is 15.1 Å². The van der Waals surface area contributed by atoms with Crippen LogP contribution in [0.15, 0.2) is 103 Å². The first kappa shape index (κ1) is 16.2. The van der Waals surface area contributed by atoms with Crippen LogP contribution in [0, 0.1) is 0 Å². The van der Waals surface area contributed by atoms with Crippen LogP contribution < -0.4 is 0 Å². The van der Waals surface area contributed by atoms with Crippen molar-refractivity contribution in [3.8, 4) is 11.4 Å². The number of aromatic nitrogens is 2. The van der Waals surface area contributed by atoms with Gasteiger partial charge in [0.25, 0.3) is 0 Å². The Morgan fingerprint density at radius 3 is 1.69 bits per heavy atom. The van der Waals surface area contributed by atoms with Crippen molar-refractivity contribution in [1.82, 2.24) is 9.97 Å². The highest BCUT2D eigenvalue weighted by atomic mass is 16.3. The zero-order chi connectivity index (χ0) is 17.8. The third kappa shape index (κ3) is 2.89. The molecule has 2 aromatic heterocycles. The van der Waals surface area contributed by atoms with E-state index >= 15 is 0 Å². The van der Waals surface area contributed by atoms with E-state index in [-0.39, 0.29) is 0 Å². The molecule has 26 heavy (non-hydrogen) atoms. The van der Waals surface area contributed by atoms with Crippen molar-refractivity contribution >= 4 is 0 Å². The second-order valence-electron chi connectivity index (χ2n) is 6.09. The van der Waals surface area contributed by atoms with Crippen molar-refractivity contribution in [2.75, 3.05) is 0 Å². The van der Waals surface area contributed by atoms with Gasteiger partial charge >= 0.3 is 0 Å². The van der Waals surface area contributed by atoms with Crippen molar-refractivity contribution in [1.29, 1.82) is 0 Å². The Balaban J connectivity index is 1.91. The molecule has 0 aliphatic rings. The van der Waals surface area contributed by atoms with Crippen molar-refractivity contribution in [2.24, 2.45) is 0 Å². The molecule has 0 atom stereocenters. The number of benzene rings is 2. The zero-order valence-electron chi connectivity index (χ0n) is 14.2. The molecule has 0 saturated carbocycles. The lowest BCUT2D eigenvalue weighted by molar-refractivity contribution is 0.125. The van der Waals surface area contributed by atoms with Gasteiger partial charge in [-0.2, -0.15) is 0 Å². The second kappa shape index (κ2) is 6.90. The highest BCUT2D eigenvalue weighted by molar-refractivity contribution is 5.57. The average molecular weight is 338 g/mol. The van der Waals surface area contributed by atoms with Crippen LogP contribution in [0.3, 0.4) is 0 Å². The number of hydrogen-bond donors (Lipinski definition) is 1. The van der Waals surface area contributed by atoms with Gasteiger partial charge in [0, 0.05) is 12.4 Å². The minimum Gasteiger partial charge on any atom is -0.376 e. The molecule has 0 spiro atoms. The maximum atomic E-state index is 11.8. The van der Waals surface area contributed by atoms with Crippen molar-refractivity contribution in [3.05, 3.63) is 120 Å². The third-order valence-corrected chi connectivity index (χ3v) is 4.49. The Kier molecular flexibility index (Phi) is 4.30. The molecule has 0 amide bonds. The van der Waals surface area contributed by atoms with E-state index in [1.807, 2.05) is 91.0 Å². The first-order chi connectivity index (χ1) is 12.8. The van der Waals surface area contributed by atoms with E-state index in [4.69, 9.17) is 0 Å². The van der Waals surface area contributed by atoms with Gasteiger partial charge in [-0.25, -0.2) is 0 Å². The van der Waals surface area contributed by atoms with Crippen LogP contribution in [-0.2, 0) is 5.60 Å². The van der Waals surface area contributed by atoms with Gasteiger partial charge in [0.2, 0.25) is 0 Å². The molecule has 2 heterocycles. The van der Waals surface area contributed by atoms with E-state index in [1.54, 1.807) is 12.4 Å². The lowest BCUT2D eigenvalue weighted by Crippen LogP contribution is -2.28. The Morgan fingerprint density at radius 2 is 1.12 bits per heavy atom. The van der Waals surface area contributed by atoms with Gasteiger partial charge in [-0.15, -0.1) is 0 Å². The van der Waals surface area contributed by atoms with Crippen molar-refractivity contribution in [3.63, 3.8) is 0 Å². The molecule has 0 aliphatic heterocycles. The van der Waals surface area contributed by atoms with Gasteiger partial charge in [-0.05, 0) is 41.0 Å². The van der Waals surface area contributed by atoms with E-state index in [1.165, 1.54) is 0 Å². The van der Waals surface area contributed by atoms with Gasteiger partial charge in [-0.3, -0.25) is 9.97 Å². The van der Waals surface area contributed by atoms with Gasteiger partial charge in [-0.1, -0.05) is 66.7 Å². The molecule has 2 aromatic carbocycles. The van der Waals surface area contributed by atoms with Crippen molar-refractivity contribution < 1.29 is 5.11 Å². The van der Waals surface area contributed by atoms with Gasteiger partial charge in [0.15, 0.2) is 0 Å². The summed E-state index contributed by atoms with van der Waals surface area (Å²) in [6, 6.07) is 28.9. The van der Waals surface area contributed by atoms with E-state index in [2.05, 4.69) is 9.97 Å². The molecule has 0 radical (unpaired) electrons. The fourth-order valence-corrected chi connectivity index (χ4v) is 3.17. The fourth-order valence-electron chi connectivity index (χ4n) is 3.17. The number of nitrogens with zero attached hydrogens (tertiary/aromatic N) is 2. The summed E-state index contributed by atoms with van der Waals surface area (Å²) in [5, 5.41) is 11.8. The Hall–Kier alpha value is -3.30. The number of pyridine rings is 2. The summed E-state index contributed by atoms with van der Waals surface area (Å²) >= 11 is 0. The van der Waals surface area contributed by atoms with Gasteiger partial charge in [0.1, 0.15) is 5.60 Å². The number of rotatable bonds is 4. The first-order valence-corrected chi connectivity index (χ1v) is 8.50. The van der Waals surface area contributed by atoms with Crippen LogP contribution >= 0.6 is 0 Å². The predicted molar refractivity (Wildman–Crippen MR) is 102 cm³/mol. The van der Waals surface area contributed by atoms with E-state index in [0.29, 0.717) is 0 Å². The summed E-state index contributed by atoms with van der Waals surface area (Å²) in [4.78, 5) is 8.81. The highest BCUT2D eigenvalue weighted by Gasteiger charge is 2.34. The Labute approximate surface area is 152 Å². The maximum absolute atomic E-state index is 11.8. The molecule has 1 N–H and O–H groups in total. The minimum absolute atomic E-state index is 0.730. The molecule has 4 rings (SSSR count). The van der Waals surface area contributed by atoms with E-state index < -0.39 is 5.60 Å². The number of hydrogen-bond acceptors (Lipinski definition) is 3. The lowest BCUT2D eigenvalue weighted by atomic mass is 9.80. The second-order valence-corrected chi connectivity index (χ2v) is 6.09. The molecule has 0 bridgehead atoms. The Bertz CT molecular complexity index is 947. The molecule has 0 unspecified atom stereocenters. The van der Waals surface area contributed by atoms with Gasteiger partial charge < -0.3 is 5.11 Å². The van der Waals surface area contributed by atoms with Crippen LogP contribution in [0.2, 0.25) is 0 Å². The number of aliphatic hydroxyl groups is 1.